The molecule has 1 unspecified atom stereocenters. The Hall–Kier alpha value is -3.82. The van der Waals surface area contributed by atoms with Crippen LogP contribution in [-0.2, 0) is 4.79 Å². The smallest absolute Gasteiger partial charge is 0.318 e. The van der Waals surface area contributed by atoms with Gasteiger partial charge in [-0.25, -0.2) is 14.2 Å². The number of nitrogens with zero attached hydrogens (tertiary/aromatic N) is 4. The Morgan fingerprint density at radius 1 is 1.24 bits per heavy atom. The minimum atomic E-state index is -0.600. The van der Waals surface area contributed by atoms with Crippen molar-refractivity contribution < 1.29 is 18.9 Å². The fraction of sp³-hybridized carbons (Fsp3) is 0.348. The Balaban J connectivity index is 1.89. The Bertz CT molecular complexity index is 1090. The summed E-state index contributed by atoms with van der Waals surface area (Å²) < 4.78 is 13.4. The number of likely N-dealkylation sites (N-methyl/N-ethyl adjacent to an activating group) is 1. The van der Waals surface area contributed by atoms with Gasteiger partial charge in [-0.2, -0.15) is 5.10 Å². The van der Waals surface area contributed by atoms with Gasteiger partial charge in [0.15, 0.2) is 0 Å². The molecular formula is C23H26FN5O4. The van der Waals surface area contributed by atoms with E-state index in [2.05, 4.69) is 10.4 Å². The Kier molecular flexibility index (Phi) is 6.75. The molecule has 0 fully saturated rings. The van der Waals surface area contributed by atoms with Crippen LogP contribution in [0.5, 0.6) is 0 Å². The summed E-state index contributed by atoms with van der Waals surface area (Å²) in [5.74, 6) is -0.845. The molecule has 0 radical (unpaired) electrons. The zero-order valence-electron chi connectivity index (χ0n) is 18.9. The molecule has 1 aliphatic heterocycles. The van der Waals surface area contributed by atoms with E-state index in [0.29, 0.717) is 16.8 Å². The average Bonchev–Trinajstić information content (AvgIpc) is 3.18. The molecule has 174 valence electrons. The van der Waals surface area contributed by atoms with Crippen LogP contribution in [0.4, 0.5) is 14.9 Å². The standard InChI is InChI=1S/C23H26FN5O4/c1-23(2,3)25-22(31)27(4)14-21(30)28-20(16-6-5-7-18(12-16)29(32)33)13-19(26-28)15-8-10-17(24)11-9-15/h5-12,20H,13-14H2,1-4H3,(H,25,31). The third kappa shape index (κ3) is 5.91. The lowest BCUT2D eigenvalue weighted by atomic mass is 9.98. The van der Waals surface area contributed by atoms with E-state index in [-0.39, 0.29) is 18.7 Å². The molecule has 3 rings (SSSR count). The van der Waals surface area contributed by atoms with Gasteiger partial charge in [-0.1, -0.05) is 24.3 Å². The minimum Gasteiger partial charge on any atom is -0.333 e. The molecule has 2 aromatic rings. The van der Waals surface area contributed by atoms with Crippen LogP contribution in [0.3, 0.4) is 0 Å². The van der Waals surface area contributed by atoms with E-state index < -0.39 is 34.3 Å². The summed E-state index contributed by atoms with van der Waals surface area (Å²) in [5.41, 5.74) is 1.15. The van der Waals surface area contributed by atoms with E-state index in [4.69, 9.17) is 0 Å². The highest BCUT2D eigenvalue weighted by atomic mass is 19.1. The number of carbonyl (C=O) groups excluding carboxylic acids is 2. The number of nitro benzene ring substituents is 1. The van der Waals surface area contributed by atoms with E-state index in [1.165, 1.54) is 41.2 Å². The summed E-state index contributed by atoms with van der Waals surface area (Å²) in [7, 11) is 1.50. The number of urea groups is 1. The fourth-order valence-corrected chi connectivity index (χ4v) is 3.43. The molecule has 0 bridgehead atoms. The highest BCUT2D eigenvalue weighted by Crippen LogP contribution is 2.34. The first-order valence-electron chi connectivity index (χ1n) is 10.4. The normalized spacial score (nSPS) is 15.7. The summed E-state index contributed by atoms with van der Waals surface area (Å²) in [6.45, 7) is 5.25. The minimum absolute atomic E-state index is 0.100. The molecule has 1 aliphatic rings. The summed E-state index contributed by atoms with van der Waals surface area (Å²) in [6, 6.07) is 10.7. The second-order valence-corrected chi connectivity index (χ2v) is 8.90. The molecule has 0 saturated carbocycles. The maximum absolute atomic E-state index is 13.4. The number of benzene rings is 2. The van der Waals surface area contributed by atoms with Gasteiger partial charge in [-0.05, 0) is 44.0 Å². The molecule has 1 heterocycles. The number of hydrazone groups is 1. The largest absolute Gasteiger partial charge is 0.333 e. The van der Waals surface area contributed by atoms with E-state index in [1.54, 1.807) is 24.3 Å². The zero-order valence-corrected chi connectivity index (χ0v) is 18.9. The Labute approximate surface area is 191 Å². The maximum atomic E-state index is 13.4. The van der Waals surface area contributed by atoms with Gasteiger partial charge in [-0.15, -0.1) is 0 Å². The van der Waals surface area contributed by atoms with Crippen LogP contribution in [0, 0.1) is 15.9 Å². The van der Waals surface area contributed by atoms with Crippen molar-refractivity contribution in [2.75, 3.05) is 13.6 Å². The first-order chi connectivity index (χ1) is 15.4. The topological polar surface area (TPSA) is 108 Å². The van der Waals surface area contributed by atoms with Crippen molar-refractivity contribution in [1.29, 1.82) is 0 Å². The summed E-state index contributed by atoms with van der Waals surface area (Å²) in [5, 5.41) is 19.7. The highest BCUT2D eigenvalue weighted by Gasteiger charge is 2.34. The van der Waals surface area contributed by atoms with Gasteiger partial charge in [0.2, 0.25) is 0 Å². The van der Waals surface area contributed by atoms with E-state index in [1.807, 2.05) is 20.8 Å². The van der Waals surface area contributed by atoms with Crippen molar-refractivity contribution in [2.45, 2.75) is 38.8 Å². The molecule has 9 nitrogen and oxygen atoms in total. The van der Waals surface area contributed by atoms with Crippen LogP contribution in [0.2, 0.25) is 0 Å². The number of amides is 3. The second-order valence-electron chi connectivity index (χ2n) is 8.90. The lowest BCUT2D eigenvalue weighted by Gasteiger charge is -2.27. The summed E-state index contributed by atoms with van der Waals surface area (Å²) >= 11 is 0. The number of hydrogen-bond acceptors (Lipinski definition) is 5. The van der Waals surface area contributed by atoms with Crippen molar-refractivity contribution in [2.24, 2.45) is 5.10 Å². The molecule has 0 aromatic heterocycles. The number of nitrogens with one attached hydrogen (secondary N) is 1. The first kappa shape index (κ1) is 23.8. The molecule has 0 spiro atoms. The van der Waals surface area contributed by atoms with Crippen LogP contribution in [0.15, 0.2) is 53.6 Å². The molecule has 33 heavy (non-hydrogen) atoms. The Morgan fingerprint density at radius 3 is 2.52 bits per heavy atom. The predicted molar refractivity (Wildman–Crippen MR) is 121 cm³/mol. The van der Waals surface area contributed by atoms with Gasteiger partial charge in [-0.3, -0.25) is 14.9 Å². The van der Waals surface area contributed by atoms with E-state index >= 15 is 0 Å². The van der Waals surface area contributed by atoms with Crippen molar-refractivity contribution in [3.8, 4) is 0 Å². The lowest BCUT2D eigenvalue weighted by molar-refractivity contribution is -0.385. The quantitative estimate of drug-likeness (QED) is 0.546. The monoisotopic (exact) mass is 455 g/mol. The van der Waals surface area contributed by atoms with Gasteiger partial charge in [0.1, 0.15) is 12.4 Å². The van der Waals surface area contributed by atoms with Crippen LogP contribution < -0.4 is 5.32 Å². The van der Waals surface area contributed by atoms with E-state index in [9.17, 15) is 24.1 Å². The number of non-ortho nitro benzene ring substituents is 1. The molecule has 1 N–H and O–H groups in total. The third-order valence-corrected chi connectivity index (χ3v) is 5.01. The number of carbonyl (C=O) groups is 2. The van der Waals surface area contributed by atoms with Gasteiger partial charge in [0, 0.05) is 31.1 Å². The van der Waals surface area contributed by atoms with Crippen molar-refractivity contribution in [3.63, 3.8) is 0 Å². The van der Waals surface area contributed by atoms with Crippen LogP contribution in [0.1, 0.15) is 44.4 Å². The van der Waals surface area contributed by atoms with Crippen LogP contribution in [-0.4, -0.2) is 51.6 Å². The number of rotatable bonds is 5. The zero-order chi connectivity index (χ0) is 24.3. The maximum Gasteiger partial charge on any atom is 0.318 e. The van der Waals surface area contributed by atoms with Gasteiger partial charge in [0.25, 0.3) is 11.6 Å². The number of nitro groups is 1. The predicted octanol–water partition coefficient (Wildman–Crippen LogP) is 3.85. The molecular weight excluding hydrogens is 429 g/mol. The molecule has 2 aromatic carbocycles. The van der Waals surface area contributed by atoms with Gasteiger partial charge < -0.3 is 10.2 Å². The molecule has 3 amide bonds. The first-order valence-corrected chi connectivity index (χ1v) is 10.4. The van der Waals surface area contributed by atoms with Crippen molar-refractivity contribution in [1.82, 2.24) is 15.2 Å². The number of halogens is 1. The van der Waals surface area contributed by atoms with Gasteiger partial charge >= 0.3 is 6.03 Å². The molecule has 0 aliphatic carbocycles. The van der Waals surface area contributed by atoms with Crippen molar-refractivity contribution >= 4 is 23.3 Å². The fourth-order valence-electron chi connectivity index (χ4n) is 3.43. The SMILES string of the molecule is CN(CC(=O)N1N=C(c2ccc(F)cc2)CC1c1cccc([N+](=O)[O-])c1)C(=O)NC(C)(C)C. The molecule has 1 atom stereocenters. The average molecular weight is 455 g/mol. The van der Waals surface area contributed by atoms with Gasteiger partial charge in [0.05, 0.1) is 16.7 Å². The van der Waals surface area contributed by atoms with E-state index in [0.717, 1.165) is 0 Å². The third-order valence-electron chi connectivity index (χ3n) is 5.01. The highest BCUT2D eigenvalue weighted by molar-refractivity contribution is 6.03. The van der Waals surface area contributed by atoms with Crippen LogP contribution in [0.25, 0.3) is 0 Å². The summed E-state index contributed by atoms with van der Waals surface area (Å²) in [4.78, 5) is 37.6. The summed E-state index contributed by atoms with van der Waals surface area (Å²) in [6.07, 6.45) is 0.288. The second kappa shape index (κ2) is 9.35. The Morgan fingerprint density at radius 2 is 1.91 bits per heavy atom. The molecule has 10 heteroatoms. The molecule has 0 saturated heterocycles. The number of hydrogen-bond donors (Lipinski definition) is 1. The van der Waals surface area contributed by atoms with Crippen molar-refractivity contribution in [3.05, 3.63) is 75.6 Å². The lowest BCUT2D eigenvalue weighted by Crippen LogP contribution is -2.49. The van der Waals surface area contributed by atoms with Crippen LogP contribution >= 0.6 is 0 Å².